The summed E-state index contributed by atoms with van der Waals surface area (Å²) in [6.45, 7) is 0. The molecular formula is C8H10NO3P. The second-order valence-corrected chi connectivity index (χ2v) is 3.26. The van der Waals surface area contributed by atoms with E-state index in [1.165, 1.54) is 7.05 Å². The predicted molar refractivity (Wildman–Crippen MR) is 48.9 cm³/mol. The SMILES string of the molecule is C/N=[P+](\[O-])Oc1ccc(OC)cc1. The zero-order valence-corrected chi connectivity index (χ0v) is 8.32. The number of methoxy groups -OCH3 is 1. The third-order valence-electron chi connectivity index (χ3n) is 1.41. The number of rotatable bonds is 3. The molecule has 1 aromatic carbocycles. The van der Waals surface area contributed by atoms with Crippen molar-refractivity contribution in [3.05, 3.63) is 24.3 Å². The third-order valence-corrected chi connectivity index (χ3v) is 2.10. The highest BCUT2D eigenvalue weighted by molar-refractivity contribution is 7.33. The topological polar surface area (TPSA) is 53.9 Å². The van der Waals surface area contributed by atoms with E-state index < -0.39 is 8.17 Å². The maximum absolute atomic E-state index is 10.9. The van der Waals surface area contributed by atoms with Gasteiger partial charge in [-0.05, 0) is 24.3 Å². The van der Waals surface area contributed by atoms with Crippen molar-refractivity contribution in [2.24, 2.45) is 4.74 Å². The molecule has 0 spiro atoms. The van der Waals surface area contributed by atoms with E-state index in [0.717, 1.165) is 5.75 Å². The highest BCUT2D eigenvalue weighted by Gasteiger charge is 2.01. The summed E-state index contributed by atoms with van der Waals surface area (Å²) >= 11 is 0. The average molecular weight is 199 g/mol. The van der Waals surface area contributed by atoms with Crippen molar-refractivity contribution >= 4 is 8.17 Å². The molecule has 0 amide bonds. The summed E-state index contributed by atoms with van der Waals surface area (Å²) in [4.78, 5) is 10.9. The Morgan fingerprint density at radius 3 is 2.23 bits per heavy atom. The van der Waals surface area contributed by atoms with Gasteiger partial charge in [0.25, 0.3) is 0 Å². The summed E-state index contributed by atoms with van der Waals surface area (Å²) < 4.78 is 13.4. The molecule has 70 valence electrons. The Kier molecular flexibility index (Phi) is 3.68. The van der Waals surface area contributed by atoms with Gasteiger partial charge in [-0.1, -0.05) is 4.74 Å². The van der Waals surface area contributed by atoms with Crippen molar-refractivity contribution in [1.29, 1.82) is 0 Å². The van der Waals surface area contributed by atoms with Crippen LogP contribution in [0.3, 0.4) is 0 Å². The van der Waals surface area contributed by atoms with Crippen LogP contribution >= 0.6 is 8.17 Å². The maximum atomic E-state index is 10.9. The summed E-state index contributed by atoms with van der Waals surface area (Å²) in [7, 11) is 1.09. The number of benzene rings is 1. The van der Waals surface area contributed by atoms with E-state index in [9.17, 15) is 4.89 Å². The zero-order chi connectivity index (χ0) is 9.68. The lowest BCUT2D eigenvalue weighted by Crippen LogP contribution is -1.93. The van der Waals surface area contributed by atoms with Crippen LogP contribution in [-0.2, 0) is 0 Å². The summed E-state index contributed by atoms with van der Waals surface area (Å²) in [6.07, 6.45) is 0. The molecule has 4 nitrogen and oxygen atoms in total. The van der Waals surface area contributed by atoms with Crippen LogP contribution in [0.15, 0.2) is 29.0 Å². The Bertz CT molecular complexity index is 297. The lowest BCUT2D eigenvalue weighted by Gasteiger charge is -1.99. The normalized spacial score (nSPS) is 11.2. The molecule has 0 fully saturated rings. The van der Waals surface area contributed by atoms with E-state index in [-0.39, 0.29) is 0 Å². The lowest BCUT2D eigenvalue weighted by atomic mass is 10.3. The molecule has 0 aliphatic rings. The maximum Gasteiger partial charge on any atom is 0.394 e. The number of ether oxygens (including phenoxy) is 1. The summed E-state index contributed by atoms with van der Waals surface area (Å²) in [5.74, 6) is 1.25. The molecule has 0 saturated carbocycles. The van der Waals surface area contributed by atoms with E-state index in [4.69, 9.17) is 9.26 Å². The van der Waals surface area contributed by atoms with Crippen molar-refractivity contribution < 1.29 is 14.2 Å². The molecule has 1 unspecified atom stereocenters. The standard InChI is InChI=1S/C8H10NO3P/c1-9-13(10)12-8-5-3-7(11-2)4-6-8/h3-6H,1-2H3. The minimum Gasteiger partial charge on any atom is -0.575 e. The Morgan fingerprint density at radius 2 is 1.77 bits per heavy atom. The molecule has 0 N–H and O–H groups in total. The highest BCUT2D eigenvalue weighted by atomic mass is 31.1. The first-order valence-electron chi connectivity index (χ1n) is 3.65. The number of nitrogens with zero attached hydrogens (tertiary/aromatic N) is 1. The van der Waals surface area contributed by atoms with Gasteiger partial charge >= 0.3 is 8.17 Å². The smallest absolute Gasteiger partial charge is 0.394 e. The molecule has 5 heteroatoms. The molecule has 1 rings (SSSR count). The van der Waals surface area contributed by atoms with Crippen LogP contribution in [0.4, 0.5) is 0 Å². The second-order valence-electron chi connectivity index (χ2n) is 2.20. The first kappa shape index (κ1) is 9.96. The predicted octanol–water partition coefficient (Wildman–Crippen LogP) is 1.56. The van der Waals surface area contributed by atoms with E-state index >= 15 is 0 Å². The fraction of sp³-hybridized carbons (Fsp3) is 0.250. The molecule has 1 aromatic rings. The van der Waals surface area contributed by atoms with Gasteiger partial charge in [-0.2, -0.15) is 0 Å². The Morgan fingerprint density at radius 1 is 1.23 bits per heavy atom. The molecule has 0 aliphatic heterocycles. The van der Waals surface area contributed by atoms with E-state index in [2.05, 4.69) is 4.74 Å². The first-order chi connectivity index (χ1) is 6.26. The van der Waals surface area contributed by atoms with Crippen molar-refractivity contribution in [1.82, 2.24) is 0 Å². The van der Waals surface area contributed by atoms with Gasteiger partial charge in [0.15, 0.2) is 5.75 Å². The average Bonchev–Trinajstić information content (AvgIpc) is 2.19. The largest absolute Gasteiger partial charge is 0.575 e. The zero-order valence-electron chi connectivity index (χ0n) is 7.43. The fourth-order valence-electron chi connectivity index (χ4n) is 0.768. The van der Waals surface area contributed by atoms with Gasteiger partial charge in [0.05, 0.1) is 14.2 Å². The monoisotopic (exact) mass is 199 g/mol. The molecule has 0 aromatic heterocycles. The van der Waals surface area contributed by atoms with Gasteiger partial charge in [-0.15, -0.1) is 0 Å². The molecule has 0 heterocycles. The summed E-state index contributed by atoms with van der Waals surface area (Å²) in [5.41, 5.74) is 0. The van der Waals surface area contributed by atoms with Crippen LogP contribution < -0.4 is 14.2 Å². The summed E-state index contributed by atoms with van der Waals surface area (Å²) in [6, 6.07) is 6.82. The van der Waals surface area contributed by atoms with Crippen LogP contribution in [0, 0.1) is 0 Å². The van der Waals surface area contributed by atoms with Gasteiger partial charge in [0.2, 0.25) is 0 Å². The van der Waals surface area contributed by atoms with E-state index in [1.807, 2.05) is 0 Å². The molecule has 13 heavy (non-hydrogen) atoms. The van der Waals surface area contributed by atoms with E-state index in [1.54, 1.807) is 31.4 Å². The third kappa shape index (κ3) is 3.01. The Balaban J connectivity index is 2.69. The number of hydrogen-bond donors (Lipinski definition) is 0. The van der Waals surface area contributed by atoms with Gasteiger partial charge in [-0.3, -0.25) is 4.52 Å². The van der Waals surface area contributed by atoms with Crippen molar-refractivity contribution in [3.8, 4) is 11.5 Å². The fourth-order valence-corrected chi connectivity index (χ4v) is 1.15. The molecule has 0 aliphatic carbocycles. The Labute approximate surface area is 77.8 Å². The van der Waals surface area contributed by atoms with Crippen molar-refractivity contribution in [2.75, 3.05) is 14.2 Å². The molecular weight excluding hydrogens is 189 g/mol. The minimum absolute atomic E-state index is 0.521. The molecule has 0 radical (unpaired) electrons. The van der Waals surface area contributed by atoms with Gasteiger partial charge in [0, 0.05) is 0 Å². The van der Waals surface area contributed by atoms with Gasteiger partial charge < -0.3 is 9.63 Å². The quantitative estimate of drug-likeness (QED) is 0.694. The lowest BCUT2D eigenvalue weighted by molar-refractivity contribution is -0.168. The van der Waals surface area contributed by atoms with Crippen LogP contribution in [0.25, 0.3) is 0 Å². The van der Waals surface area contributed by atoms with Crippen LogP contribution in [0.5, 0.6) is 11.5 Å². The van der Waals surface area contributed by atoms with Crippen LogP contribution in [-0.4, -0.2) is 14.2 Å². The van der Waals surface area contributed by atoms with E-state index in [0.29, 0.717) is 5.75 Å². The summed E-state index contributed by atoms with van der Waals surface area (Å²) in [5, 5.41) is 0. The Hall–Kier alpha value is -1.12. The molecule has 1 atom stereocenters. The van der Waals surface area contributed by atoms with Crippen molar-refractivity contribution in [2.45, 2.75) is 0 Å². The number of hydrogen-bond acceptors (Lipinski definition) is 4. The van der Waals surface area contributed by atoms with Gasteiger partial charge in [-0.25, -0.2) is 0 Å². The van der Waals surface area contributed by atoms with Crippen LogP contribution in [0.2, 0.25) is 0 Å². The highest BCUT2D eigenvalue weighted by Crippen LogP contribution is 2.24. The molecule has 0 bridgehead atoms. The second kappa shape index (κ2) is 4.80. The van der Waals surface area contributed by atoms with Gasteiger partial charge in [0.1, 0.15) is 5.75 Å². The minimum atomic E-state index is -1.93. The molecule has 0 saturated heterocycles. The first-order valence-corrected chi connectivity index (χ1v) is 4.78. The van der Waals surface area contributed by atoms with Crippen molar-refractivity contribution in [3.63, 3.8) is 0 Å². The van der Waals surface area contributed by atoms with Crippen LogP contribution in [0.1, 0.15) is 0 Å².